The van der Waals surface area contributed by atoms with Gasteiger partial charge in [-0.3, -0.25) is 4.79 Å². The summed E-state index contributed by atoms with van der Waals surface area (Å²) in [5.74, 6) is -0.726. The van der Waals surface area contributed by atoms with Gasteiger partial charge in [-0.05, 0) is 26.7 Å². The average molecular weight is 312 g/mol. The molecule has 2 heterocycles. The highest BCUT2D eigenvalue weighted by atomic mass is 32.1. The van der Waals surface area contributed by atoms with Crippen molar-refractivity contribution >= 4 is 28.2 Å². The Morgan fingerprint density at radius 2 is 2.29 bits per heavy atom. The number of aromatic nitrogens is 1. The van der Waals surface area contributed by atoms with E-state index in [1.54, 1.807) is 6.92 Å². The van der Waals surface area contributed by atoms with Gasteiger partial charge in [0, 0.05) is 19.6 Å². The van der Waals surface area contributed by atoms with Crippen LogP contribution in [-0.2, 0) is 9.47 Å². The van der Waals surface area contributed by atoms with Crippen molar-refractivity contribution in [1.82, 2.24) is 4.98 Å². The normalized spacial score (nSPS) is 21.9. The van der Waals surface area contributed by atoms with Crippen LogP contribution in [0.4, 0.5) is 5.13 Å². The monoisotopic (exact) mass is 312 g/mol. The number of nitrogens with zero attached hydrogens (tertiary/aromatic N) is 1. The van der Waals surface area contributed by atoms with E-state index in [0.29, 0.717) is 16.6 Å². The first-order chi connectivity index (χ1) is 10.0. The summed E-state index contributed by atoms with van der Waals surface area (Å²) in [5.41, 5.74) is 0.108. The number of anilines is 1. The molecule has 2 rings (SSSR count). The lowest BCUT2D eigenvalue weighted by molar-refractivity contribution is 0.0232. The minimum absolute atomic E-state index is 0.108. The van der Waals surface area contributed by atoms with Gasteiger partial charge in [-0.2, -0.15) is 0 Å². The third-order valence-electron chi connectivity index (χ3n) is 3.23. The number of hydrogen-bond acceptors (Lipinski definition) is 7. The fraction of sp³-hybridized carbons (Fsp3) is 0.643. The van der Waals surface area contributed by atoms with Crippen LogP contribution in [0.25, 0.3) is 0 Å². The Labute approximate surface area is 127 Å². The van der Waals surface area contributed by atoms with Crippen molar-refractivity contribution in [3.63, 3.8) is 0 Å². The molecule has 2 atom stereocenters. The number of nitrogens with one attached hydrogen (secondary N) is 1. The maximum absolute atomic E-state index is 11.8. The number of thiazole rings is 1. The van der Waals surface area contributed by atoms with Crippen molar-refractivity contribution in [3.05, 3.63) is 10.6 Å². The number of Topliss-reactive ketones (excluding diaryl/α,β-unsaturated/α-hetero) is 1. The van der Waals surface area contributed by atoms with Crippen LogP contribution < -0.4 is 5.32 Å². The van der Waals surface area contributed by atoms with Crippen LogP contribution in [0.15, 0.2) is 0 Å². The molecule has 1 aromatic rings. The zero-order valence-electron chi connectivity index (χ0n) is 12.5. The number of ketones is 1. The topological polar surface area (TPSA) is 77.5 Å². The maximum atomic E-state index is 11.8. The lowest BCUT2D eigenvalue weighted by Gasteiger charge is -2.27. The number of hydrogen-bond donors (Lipinski definition) is 1. The Hall–Kier alpha value is -1.47. The molecule has 0 bridgehead atoms. The van der Waals surface area contributed by atoms with Gasteiger partial charge in [0.1, 0.15) is 4.88 Å². The Morgan fingerprint density at radius 1 is 1.52 bits per heavy atom. The molecule has 116 valence electrons. The van der Waals surface area contributed by atoms with Crippen LogP contribution in [0.3, 0.4) is 0 Å². The summed E-state index contributed by atoms with van der Waals surface area (Å²) in [5, 5.41) is 3.88. The number of carbonyl (C=O) groups excluding carboxylic acids is 2. The largest absolute Gasteiger partial charge is 0.461 e. The molecule has 1 aliphatic heterocycles. The molecule has 0 radical (unpaired) electrons. The molecule has 21 heavy (non-hydrogen) atoms. The predicted octanol–water partition coefficient (Wildman–Crippen LogP) is 2.50. The third-order valence-corrected chi connectivity index (χ3v) is 4.32. The number of ether oxygens (including phenoxy) is 2. The summed E-state index contributed by atoms with van der Waals surface area (Å²) >= 11 is 1.20. The summed E-state index contributed by atoms with van der Waals surface area (Å²) in [7, 11) is 0. The zero-order chi connectivity index (χ0) is 15.4. The molecule has 1 aromatic heterocycles. The van der Waals surface area contributed by atoms with E-state index in [1.807, 2.05) is 6.92 Å². The summed E-state index contributed by atoms with van der Waals surface area (Å²) in [6.07, 6.45) is 1.96. The molecule has 0 aliphatic carbocycles. The number of carbonyl (C=O) groups is 2. The molecular weight excluding hydrogens is 292 g/mol. The minimum atomic E-state index is -0.549. The molecule has 1 saturated heterocycles. The van der Waals surface area contributed by atoms with Crippen LogP contribution in [-0.4, -0.2) is 42.1 Å². The molecule has 1 N–H and O–H groups in total. The quantitative estimate of drug-likeness (QED) is 0.665. The van der Waals surface area contributed by atoms with Gasteiger partial charge in [0.15, 0.2) is 16.6 Å². The molecule has 6 nitrogen and oxygen atoms in total. The average Bonchev–Trinajstić information content (AvgIpc) is 2.83. The smallest absolute Gasteiger partial charge is 0.358 e. The van der Waals surface area contributed by atoms with E-state index in [4.69, 9.17) is 9.47 Å². The van der Waals surface area contributed by atoms with Gasteiger partial charge in [-0.1, -0.05) is 11.3 Å². The minimum Gasteiger partial charge on any atom is -0.461 e. The van der Waals surface area contributed by atoms with Gasteiger partial charge in [0.05, 0.1) is 12.7 Å². The number of esters is 1. The van der Waals surface area contributed by atoms with Crippen molar-refractivity contribution in [2.45, 2.75) is 45.8 Å². The molecular formula is C14H20N2O4S. The fourth-order valence-electron chi connectivity index (χ4n) is 2.26. The third kappa shape index (κ3) is 4.01. The lowest BCUT2D eigenvalue weighted by atomic mass is 10.1. The zero-order valence-corrected chi connectivity index (χ0v) is 13.3. The Kier molecular flexibility index (Phi) is 5.30. The highest BCUT2D eigenvalue weighted by molar-refractivity contribution is 7.17. The second kappa shape index (κ2) is 7.00. The maximum Gasteiger partial charge on any atom is 0.358 e. The highest BCUT2D eigenvalue weighted by Gasteiger charge is 2.25. The van der Waals surface area contributed by atoms with Gasteiger partial charge in [-0.25, -0.2) is 9.78 Å². The van der Waals surface area contributed by atoms with Gasteiger partial charge in [0.25, 0.3) is 0 Å². The first kappa shape index (κ1) is 15.9. The van der Waals surface area contributed by atoms with Crippen LogP contribution in [0.2, 0.25) is 0 Å². The molecule has 2 unspecified atom stereocenters. The van der Waals surface area contributed by atoms with Crippen LogP contribution in [0.5, 0.6) is 0 Å². The Balaban J connectivity index is 2.15. The van der Waals surface area contributed by atoms with Crippen molar-refractivity contribution in [2.24, 2.45) is 0 Å². The summed E-state index contributed by atoms with van der Waals surface area (Å²) < 4.78 is 10.4. The SMILES string of the molecule is CCOC(=O)c1nc(NC2CCOC(C)C2)sc1C(C)=O. The van der Waals surface area contributed by atoms with Gasteiger partial charge < -0.3 is 14.8 Å². The second-order valence-corrected chi connectivity index (χ2v) is 6.02. The van der Waals surface area contributed by atoms with E-state index in [9.17, 15) is 9.59 Å². The van der Waals surface area contributed by atoms with E-state index in [-0.39, 0.29) is 30.2 Å². The second-order valence-electron chi connectivity index (χ2n) is 5.02. The van der Waals surface area contributed by atoms with Crippen molar-refractivity contribution in [3.8, 4) is 0 Å². The molecule has 1 aliphatic rings. The first-order valence-electron chi connectivity index (χ1n) is 7.08. The van der Waals surface area contributed by atoms with Crippen LogP contribution in [0.1, 0.15) is 53.8 Å². The predicted molar refractivity (Wildman–Crippen MR) is 80.1 cm³/mol. The standard InChI is InChI=1S/C14H20N2O4S/c1-4-19-13(18)11-12(9(3)17)21-14(16-11)15-10-5-6-20-8(2)7-10/h8,10H,4-7H2,1-3H3,(H,15,16). The van der Waals surface area contributed by atoms with E-state index in [0.717, 1.165) is 12.8 Å². The van der Waals surface area contributed by atoms with E-state index < -0.39 is 5.97 Å². The van der Waals surface area contributed by atoms with Gasteiger partial charge in [-0.15, -0.1) is 0 Å². The van der Waals surface area contributed by atoms with Crippen LogP contribution in [0, 0.1) is 0 Å². The Morgan fingerprint density at radius 3 is 2.90 bits per heavy atom. The first-order valence-corrected chi connectivity index (χ1v) is 7.90. The van der Waals surface area contributed by atoms with E-state index >= 15 is 0 Å². The van der Waals surface area contributed by atoms with Gasteiger partial charge >= 0.3 is 5.97 Å². The molecule has 0 aromatic carbocycles. The van der Waals surface area contributed by atoms with Crippen LogP contribution >= 0.6 is 11.3 Å². The van der Waals surface area contributed by atoms with Crippen molar-refractivity contribution < 1.29 is 19.1 Å². The fourth-order valence-corrected chi connectivity index (χ4v) is 3.19. The van der Waals surface area contributed by atoms with Crippen molar-refractivity contribution in [2.75, 3.05) is 18.5 Å². The summed E-state index contributed by atoms with van der Waals surface area (Å²) in [6, 6.07) is 0.245. The highest BCUT2D eigenvalue weighted by Crippen LogP contribution is 2.27. The molecule has 7 heteroatoms. The summed E-state index contributed by atoms with van der Waals surface area (Å²) in [6.45, 7) is 6.14. The van der Waals surface area contributed by atoms with E-state index in [1.165, 1.54) is 18.3 Å². The molecule has 0 spiro atoms. The van der Waals surface area contributed by atoms with Gasteiger partial charge in [0.2, 0.25) is 0 Å². The number of rotatable bonds is 5. The molecule has 0 saturated carbocycles. The Bertz CT molecular complexity index is 529. The van der Waals surface area contributed by atoms with Crippen molar-refractivity contribution in [1.29, 1.82) is 0 Å². The molecule has 1 fully saturated rings. The molecule has 0 amide bonds. The lowest BCUT2D eigenvalue weighted by Crippen LogP contribution is -2.32. The van der Waals surface area contributed by atoms with E-state index in [2.05, 4.69) is 10.3 Å². The summed E-state index contributed by atoms with van der Waals surface area (Å²) in [4.78, 5) is 28.1.